The van der Waals surface area contributed by atoms with Crippen molar-refractivity contribution in [3.63, 3.8) is 0 Å². The van der Waals surface area contributed by atoms with Crippen molar-refractivity contribution < 1.29 is 18.3 Å². The lowest BCUT2D eigenvalue weighted by Crippen LogP contribution is -2.30. The molecule has 0 spiro atoms. The van der Waals surface area contributed by atoms with Crippen LogP contribution in [-0.2, 0) is 0 Å². The van der Waals surface area contributed by atoms with Gasteiger partial charge in [0.15, 0.2) is 5.69 Å². The van der Waals surface area contributed by atoms with Gasteiger partial charge in [-0.15, -0.1) is 5.10 Å². The Labute approximate surface area is 156 Å². The van der Waals surface area contributed by atoms with E-state index in [-0.39, 0.29) is 11.7 Å². The molecule has 2 N–H and O–H groups in total. The molecule has 1 aliphatic heterocycles. The van der Waals surface area contributed by atoms with Crippen molar-refractivity contribution in [3.8, 4) is 5.75 Å². The lowest BCUT2D eigenvalue weighted by molar-refractivity contribution is 0.0815. The van der Waals surface area contributed by atoms with E-state index in [1.807, 2.05) is 11.6 Å². The summed E-state index contributed by atoms with van der Waals surface area (Å²) in [6.07, 6.45) is -0.683. The maximum Gasteiger partial charge on any atom is 0.278 e. The zero-order valence-corrected chi connectivity index (χ0v) is 15.3. The molecule has 1 saturated heterocycles. The van der Waals surface area contributed by atoms with Gasteiger partial charge in [-0.1, -0.05) is 11.3 Å². The first-order valence-electron chi connectivity index (χ1n) is 8.91. The molecule has 7 nitrogen and oxygen atoms in total. The summed E-state index contributed by atoms with van der Waals surface area (Å²) >= 11 is 0. The van der Waals surface area contributed by atoms with Crippen LogP contribution >= 0.6 is 0 Å². The van der Waals surface area contributed by atoms with Crippen molar-refractivity contribution >= 4 is 11.6 Å². The first-order valence-corrected chi connectivity index (χ1v) is 8.91. The standard InChI is InChI=1S/C18H23F2N5O2/c1-11-3-4-13(9-15(11)27-10-16(19)20)22-18(26)17-12(2)25(24-23-17)14-5-7-21-8-6-14/h3-4,9,14,16,21H,5-8,10H2,1-2H3,(H,22,26). The molecule has 0 radical (unpaired) electrons. The number of piperidine rings is 1. The molecule has 9 heteroatoms. The topological polar surface area (TPSA) is 81.1 Å². The predicted molar refractivity (Wildman–Crippen MR) is 96.5 cm³/mol. The summed E-state index contributed by atoms with van der Waals surface area (Å²) in [6.45, 7) is 4.71. The fourth-order valence-corrected chi connectivity index (χ4v) is 3.13. The number of aryl methyl sites for hydroxylation is 1. The smallest absolute Gasteiger partial charge is 0.278 e. The summed E-state index contributed by atoms with van der Waals surface area (Å²) in [6, 6.07) is 5.15. The Balaban J connectivity index is 1.72. The van der Waals surface area contributed by atoms with Crippen LogP contribution in [0.15, 0.2) is 18.2 Å². The molecule has 3 rings (SSSR count). The summed E-state index contributed by atoms with van der Waals surface area (Å²) in [5, 5.41) is 14.2. The molecule has 0 saturated carbocycles. The fourth-order valence-electron chi connectivity index (χ4n) is 3.13. The molecule has 1 fully saturated rings. The van der Waals surface area contributed by atoms with Crippen LogP contribution < -0.4 is 15.4 Å². The van der Waals surface area contributed by atoms with Gasteiger partial charge >= 0.3 is 0 Å². The van der Waals surface area contributed by atoms with E-state index in [1.165, 1.54) is 6.07 Å². The van der Waals surface area contributed by atoms with Gasteiger partial charge in [-0.05, 0) is 51.4 Å². The highest BCUT2D eigenvalue weighted by Gasteiger charge is 2.23. The van der Waals surface area contributed by atoms with E-state index in [0.29, 0.717) is 22.7 Å². The Bertz CT molecular complexity index is 803. The van der Waals surface area contributed by atoms with Gasteiger partial charge in [0.1, 0.15) is 12.4 Å². The van der Waals surface area contributed by atoms with Crippen molar-refractivity contribution in [1.82, 2.24) is 20.3 Å². The van der Waals surface area contributed by atoms with Crippen LogP contribution in [0.3, 0.4) is 0 Å². The molecule has 0 atom stereocenters. The number of hydrogen-bond donors (Lipinski definition) is 2. The molecule has 0 bridgehead atoms. The number of rotatable bonds is 6. The SMILES string of the molecule is Cc1ccc(NC(=O)c2nnn(C3CCNCC3)c2C)cc1OCC(F)F. The van der Waals surface area contributed by atoms with Crippen molar-refractivity contribution in [3.05, 3.63) is 35.2 Å². The number of alkyl halides is 2. The van der Waals surface area contributed by atoms with E-state index in [1.54, 1.807) is 19.1 Å². The number of halogens is 2. The Kier molecular flexibility index (Phi) is 6.00. The summed E-state index contributed by atoms with van der Waals surface area (Å²) in [5.74, 6) is -0.0838. The first-order chi connectivity index (χ1) is 13.0. The molecule has 146 valence electrons. The minimum absolute atomic E-state index is 0.231. The molecular weight excluding hydrogens is 356 g/mol. The second kappa shape index (κ2) is 8.43. The fraction of sp³-hybridized carbons (Fsp3) is 0.500. The van der Waals surface area contributed by atoms with Crippen molar-refractivity contribution in [2.45, 2.75) is 39.2 Å². The van der Waals surface area contributed by atoms with Gasteiger partial charge in [0.2, 0.25) is 0 Å². The summed E-state index contributed by atoms with van der Waals surface area (Å²) < 4.78 is 31.6. The molecule has 0 unspecified atom stereocenters. The summed E-state index contributed by atoms with van der Waals surface area (Å²) in [4.78, 5) is 12.6. The van der Waals surface area contributed by atoms with E-state index in [9.17, 15) is 13.6 Å². The Morgan fingerprint density at radius 2 is 2.11 bits per heavy atom. The van der Waals surface area contributed by atoms with Crippen molar-refractivity contribution in [2.75, 3.05) is 25.0 Å². The van der Waals surface area contributed by atoms with Crippen LogP contribution in [-0.4, -0.2) is 47.0 Å². The maximum absolute atomic E-state index is 12.6. The molecule has 2 aromatic rings. The van der Waals surface area contributed by atoms with E-state index in [0.717, 1.165) is 25.9 Å². The van der Waals surface area contributed by atoms with E-state index in [4.69, 9.17) is 4.74 Å². The highest BCUT2D eigenvalue weighted by Crippen LogP contribution is 2.24. The van der Waals surface area contributed by atoms with E-state index in [2.05, 4.69) is 20.9 Å². The molecule has 0 aliphatic carbocycles. The third-order valence-electron chi connectivity index (χ3n) is 4.61. The van der Waals surface area contributed by atoms with Gasteiger partial charge in [0, 0.05) is 11.8 Å². The number of amides is 1. The van der Waals surface area contributed by atoms with Gasteiger partial charge in [-0.25, -0.2) is 13.5 Å². The first kappa shape index (κ1) is 19.2. The second-order valence-electron chi connectivity index (χ2n) is 6.59. The molecule has 1 aromatic heterocycles. The average Bonchev–Trinajstić information content (AvgIpc) is 3.04. The van der Waals surface area contributed by atoms with Crippen LogP contribution in [0.2, 0.25) is 0 Å². The van der Waals surface area contributed by atoms with Crippen molar-refractivity contribution in [1.29, 1.82) is 0 Å². The second-order valence-corrected chi connectivity index (χ2v) is 6.59. The minimum atomic E-state index is -2.56. The normalized spacial score (nSPS) is 15.1. The number of anilines is 1. The summed E-state index contributed by atoms with van der Waals surface area (Å²) in [7, 11) is 0. The van der Waals surface area contributed by atoms with Crippen LogP contribution in [0.5, 0.6) is 5.75 Å². The number of benzene rings is 1. The van der Waals surface area contributed by atoms with Crippen LogP contribution in [0.25, 0.3) is 0 Å². The number of carbonyl (C=O) groups excluding carboxylic acids is 1. The van der Waals surface area contributed by atoms with Crippen LogP contribution in [0.4, 0.5) is 14.5 Å². The minimum Gasteiger partial charge on any atom is -0.487 e. The number of carbonyl (C=O) groups is 1. The lowest BCUT2D eigenvalue weighted by Gasteiger charge is -2.23. The monoisotopic (exact) mass is 379 g/mol. The number of nitrogens with zero attached hydrogens (tertiary/aromatic N) is 3. The van der Waals surface area contributed by atoms with Gasteiger partial charge in [0.05, 0.1) is 11.7 Å². The van der Waals surface area contributed by atoms with Crippen LogP contribution in [0.1, 0.15) is 40.6 Å². The molecule has 2 heterocycles. The highest BCUT2D eigenvalue weighted by atomic mass is 19.3. The van der Waals surface area contributed by atoms with Gasteiger partial charge in [0.25, 0.3) is 12.3 Å². The average molecular weight is 379 g/mol. The number of nitrogens with one attached hydrogen (secondary N) is 2. The summed E-state index contributed by atoms with van der Waals surface area (Å²) in [5.41, 5.74) is 2.12. The third kappa shape index (κ3) is 4.60. The Morgan fingerprint density at radius 1 is 1.37 bits per heavy atom. The molecule has 1 aromatic carbocycles. The molecule has 1 amide bonds. The predicted octanol–water partition coefficient (Wildman–Crippen LogP) is 2.72. The maximum atomic E-state index is 12.6. The largest absolute Gasteiger partial charge is 0.487 e. The zero-order valence-electron chi connectivity index (χ0n) is 15.3. The Hall–Kier alpha value is -2.55. The van der Waals surface area contributed by atoms with Crippen molar-refractivity contribution in [2.24, 2.45) is 0 Å². The number of aromatic nitrogens is 3. The number of ether oxygens (including phenoxy) is 1. The third-order valence-corrected chi connectivity index (χ3v) is 4.61. The zero-order chi connectivity index (χ0) is 19.4. The quantitative estimate of drug-likeness (QED) is 0.807. The number of hydrogen-bond acceptors (Lipinski definition) is 5. The lowest BCUT2D eigenvalue weighted by atomic mass is 10.1. The molecular formula is C18H23F2N5O2. The van der Waals surface area contributed by atoms with Crippen LogP contribution in [0, 0.1) is 13.8 Å². The highest BCUT2D eigenvalue weighted by molar-refractivity contribution is 6.03. The van der Waals surface area contributed by atoms with Gasteiger partial charge in [-0.3, -0.25) is 4.79 Å². The Morgan fingerprint density at radius 3 is 2.81 bits per heavy atom. The van der Waals surface area contributed by atoms with E-state index < -0.39 is 18.9 Å². The molecule has 1 aliphatic rings. The van der Waals surface area contributed by atoms with E-state index >= 15 is 0 Å². The van der Waals surface area contributed by atoms with Gasteiger partial charge in [-0.2, -0.15) is 0 Å². The molecule has 27 heavy (non-hydrogen) atoms. The van der Waals surface area contributed by atoms with Gasteiger partial charge < -0.3 is 15.4 Å².